The van der Waals surface area contributed by atoms with Gasteiger partial charge in [-0.25, -0.2) is 4.79 Å². The largest absolute Gasteiger partial charge is 0.478 e. The van der Waals surface area contributed by atoms with E-state index in [0.29, 0.717) is 12.1 Å². The van der Waals surface area contributed by atoms with E-state index in [0.717, 1.165) is 32.3 Å². The summed E-state index contributed by atoms with van der Waals surface area (Å²) in [6, 6.07) is 21.4. The van der Waals surface area contributed by atoms with Crippen molar-refractivity contribution < 1.29 is 14.7 Å². The molecule has 1 heterocycles. The Hall–Kier alpha value is -3.44. The van der Waals surface area contributed by atoms with Gasteiger partial charge in [-0.05, 0) is 64.4 Å². The van der Waals surface area contributed by atoms with E-state index in [1.807, 2.05) is 42.6 Å². The van der Waals surface area contributed by atoms with Gasteiger partial charge in [0.1, 0.15) is 0 Å². The average molecular weight is 416 g/mol. The van der Waals surface area contributed by atoms with Crippen LogP contribution in [0.1, 0.15) is 27.2 Å². The van der Waals surface area contributed by atoms with Crippen LogP contribution in [-0.2, 0) is 11.2 Å². The molecule has 0 aliphatic heterocycles. The van der Waals surface area contributed by atoms with E-state index in [-0.39, 0.29) is 17.9 Å². The molecule has 0 spiro atoms. The van der Waals surface area contributed by atoms with Crippen LogP contribution in [-0.4, -0.2) is 17.0 Å². The number of benzene rings is 3. The topological polar surface area (TPSA) is 66.4 Å². The van der Waals surface area contributed by atoms with E-state index in [9.17, 15) is 14.7 Å². The van der Waals surface area contributed by atoms with Gasteiger partial charge < -0.3 is 10.4 Å². The minimum Gasteiger partial charge on any atom is -0.478 e. The van der Waals surface area contributed by atoms with Crippen molar-refractivity contribution in [3.8, 4) is 11.1 Å². The molecule has 150 valence electrons. The Kier molecular flexibility index (Phi) is 5.63. The van der Waals surface area contributed by atoms with Crippen molar-refractivity contribution in [2.24, 2.45) is 0 Å². The van der Waals surface area contributed by atoms with Crippen LogP contribution in [0.4, 0.5) is 5.69 Å². The number of thiophene rings is 1. The van der Waals surface area contributed by atoms with E-state index in [1.165, 1.54) is 0 Å². The Labute approximate surface area is 178 Å². The number of aromatic carboxylic acids is 1. The van der Waals surface area contributed by atoms with Crippen molar-refractivity contribution in [3.63, 3.8) is 0 Å². The predicted octanol–water partition coefficient (Wildman–Crippen LogP) is 6.15. The summed E-state index contributed by atoms with van der Waals surface area (Å²) in [7, 11) is 0. The number of carbonyl (C=O) groups excluding carboxylic acids is 1. The van der Waals surface area contributed by atoms with Crippen molar-refractivity contribution >= 4 is 39.7 Å². The molecule has 5 heteroatoms. The third kappa shape index (κ3) is 4.42. The second-order valence-electron chi connectivity index (χ2n) is 7.24. The van der Waals surface area contributed by atoms with Gasteiger partial charge in [-0.15, -0.1) is 11.3 Å². The van der Waals surface area contributed by atoms with Gasteiger partial charge in [-0.1, -0.05) is 48.5 Å². The molecule has 4 aromatic rings. The molecule has 0 aliphatic rings. The number of anilines is 1. The lowest BCUT2D eigenvalue weighted by Gasteiger charge is -2.10. The van der Waals surface area contributed by atoms with Gasteiger partial charge >= 0.3 is 5.97 Å². The lowest BCUT2D eigenvalue weighted by molar-refractivity contribution is -0.116. The molecular weight excluding hydrogens is 394 g/mol. The lowest BCUT2D eigenvalue weighted by Crippen LogP contribution is -2.15. The first kappa shape index (κ1) is 19.9. The van der Waals surface area contributed by atoms with E-state index in [1.54, 1.807) is 23.5 Å². The number of carboxylic acid groups (broad SMARTS) is 1. The van der Waals surface area contributed by atoms with Crippen LogP contribution in [0.25, 0.3) is 21.9 Å². The maximum atomic E-state index is 12.5. The van der Waals surface area contributed by atoms with Gasteiger partial charge in [0, 0.05) is 11.3 Å². The number of carboxylic acids is 1. The molecule has 0 aliphatic carbocycles. The van der Waals surface area contributed by atoms with Gasteiger partial charge in [0.2, 0.25) is 5.91 Å². The average Bonchev–Trinajstić information content (AvgIpc) is 3.18. The third-order valence-electron chi connectivity index (χ3n) is 5.04. The quantitative estimate of drug-likeness (QED) is 0.397. The first-order valence-corrected chi connectivity index (χ1v) is 10.6. The molecular formula is C25H21NO3S. The summed E-state index contributed by atoms with van der Waals surface area (Å²) in [4.78, 5) is 25.4. The molecule has 4 rings (SSSR count). The van der Waals surface area contributed by atoms with E-state index in [4.69, 9.17) is 0 Å². The van der Waals surface area contributed by atoms with Crippen LogP contribution < -0.4 is 5.32 Å². The minimum atomic E-state index is -1.06. The Balaban J connectivity index is 1.47. The zero-order valence-corrected chi connectivity index (χ0v) is 17.3. The number of rotatable bonds is 6. The van der Waals surface area contributed by atoms with Crippen LogP contribution in [0.15, 0.2) is 72.1 Å². The molecule has 0 fully saturated rings. The number of aryl methyl sites for hydroxylation is 2. The highest BCUT2D eigenvalue weighted by atomic mass is 32.1. The van der Waals surface area contributed by atoms with Crippen LogP contribution in [0, 0.1) is 6.92 Å². The number of hydrogen-bond donors (Lipinski definition) is 2. The van der Waals surface area contributed by atoms with Crippen molar-refractivity contribution in [3.05, 3.63) is 88.1 Å². The first-order valence-electron chi connectivity index (χ1n) is 9.70. The molecule has 30 heavy (non-hydrogen) atoms. The second kappa shape index (κ2) is 8.51. The van der Waals surface area contributed by atoms with Gasteiger partial charge in [0.25, 0.3) is 0 Å². The summed E-state index contributed by atoms with van der Waals surface area (Å²) in [5.74, 6) is -1.27. The Morgan fingerprint density at radius 3 is 2.47 bits per heavy atom. The maximum Gasteiger partial charge on any atom is 0.337 e. The van der Waals surface area contributed by atoms with Gasteiger partial charge in [-0.2, -0.15) is 0 Å². The molecule has 0 atom stereocenters. The fraction of sp³-hybridized carbons (Fsp3) is 0.120. The number of amides is 1. The number of fused-ring (bicyclic) bond motifs is 1. The van der Waals surface area contributed by atoms with E-state index < -0.39 is 5.97 Å². The third-order valence-corrected chi connectivity index (χ3v) is 5.90. The molecule has 2 N–H and O–H groups in total. The smallest absolute Gasteiger partial charge is 0.337 e. The first-order chi connectivity index (χ1) is 14.5. The summed E-state index contributed by atoms with van der Waals surface area (Å²) in [6.07, 6.45) is 0.869. The van der Waals surface area contributed by atoms with E-state index in [2.05, 4.69) is 29.6 Å². The van der Waals surface area contributed by atoms with Gasteiger partial charge in [0.15, 0.2) is 0 Å². The number of nitrogens with one attached hydrogen (secondary N) is 1. The summed E-state index contributed by atoms with van der Waals surface area (Å²) >= 11 is 1.62. The Morgan fingerprint density at radius 2 is 1.73 bits per heavy atom. The summed E-state index contributed by atoms with van der Waals surface area (Å²) in [5.41, 5.74) is 3.29. The van der Waals surface area contributed by atoms with Gasteiger partial charge in [-0.3, -0.25) is 4.79 Å². The van der Waals surface area contributed by atoms with Crippen LogP contribution >= 0.6 is 11.3 Å². The van der Waals surface area contributed by atoms with Gasteiger partial charge in [0.05, 0.1) is 11.3 Å². The fourth-order valence-corrected chi connectivity index (χ4v) is 4.18. The zero-order valence-electron chi connectivity index (χ0n) is 16.5. The summed E-state index contributed by atoms with van der Waals surface area (Å²) < 4.78 is 0. The minimum absolute atomic E-state index is 0.0930. The second-order valence-corrected chi connectivity index (χ2v) is 8.36. The van der Waals surface area contributed by atoms with Crippen molar-refractivity contribution in [1.29, 1.82) is 0 Å². The van der Waals surface area contributed by atoms with Crippen molar-refractivity contribution in [2.75, 3.05) is 5.32 Å². The number of carbonyl (C=O) groups is 2. The van der Waals surface area contributed by atoms with Crippen molar-refractivity contribution in [2.45, 2.75) is 19.8 Å². The zero-order chi connectivity index (χ0) is 21.1. The SMILES string of the molecule is Cc1cc(-c2ccc(NC(=O)CCc3ccc4ccccc4c3)c(C(=O)O)c2)cs1. The van der Waals surface area contributed by atoms with Crippen LogP contribution in [0.2, 0.25) is 0 Å². The lowest BCUT2D eigenvalue weighted by atomic mass is 10.0. The molecule has 0 bridgehead atoms. The van der Waals surface area contributed by atoms with E-state index >= 15 is 0 Å². The standard InChI is InChI=1S/C25H21NO3S/c1-16-12-21(15-30-16)20-9-10-23(22(14-20)25(28)29)26-24(27)11-7-17-6-8-18-4-2-3-5-19(18)13-17/h2-6,8-10,12-15H,7,11H2,1H3,(H,26,27)(H,28,29). The summed E-state index contributed by atoms with van der Waals surface area (Å²) in [6.45, 7) is 2.01. The predicted molar refractivity (Wildman–Crippen MR) is 122 cm³/mol. The maximum absolute atomic E-state index is 12.5. The molecule has 1 aromatic heterocycles. The molecule has 0 radical (unpaired) electrons. The molecule has 0 saturated heterocycles. The molecule has 1 amide bonds. The molecule has 0 saturated carbocycles. The highest BCUT2D eigenvalue weighted by molar-refractivity contribution is 7.10. The monoisotopic (exact) mass is 415 g/mol. The molecule has 3 aromatic carbocycles. The summed E-state index contributed by atoms with van der Waals surface area (Å²) in [5, 5.41) is 16.7. The Morgan fingerprint density at radius 1 is 0.933 bits per heavy atom. The normalized spacial score (nSPS) is 10.8. The Bertz CT molecular complexity index is 1240. The van der Waals surface area contributed by atoms with Crippen LogP contribution in [0.5, 0.6) is 0 Å². The van der Waals surface area contributed by atoms with Crippen molar-refractivity contribution in [1.82, 2.24) is 0 Å². The molecule has 0 unspecified atom stereocenters. The molecule has 4 nitrogen and oxygen atoms in total. The highest BCUT2D eigenvalue weighted by Crippen LogP contribution is 2.29. The highest BCUT2D eigenvalue weighted by Gasteiger charge is 2.15. The number of hydrogen-bond acceptors (Lipinski definition) is 3. The fourth-order valence-electron chi connectivity index (χ4n) is 3.47. The van der Waals surface area contributed by atoms with Crippen LogP contribution in [0.3, 0.4) is 0 Å².